The van der Waals surface area contributed by atoms with E-state index >= 15 is 0 Å². The Morgan fingerprint density at radius 1 is 1.00 bits per heavy atom. The average molecular weight is 124 g/mol. The van der Waals surface area contributed by atoms with Gasteiger partial charge < -0.3 is 5.48 Å². The van der Waals surface area contributed by atoms with Crippen molar-refractivity contribution in [2.24, 2.45) is 0 Å². The molecule has 0 aliphatic heterocycles. The Bertz CT molecular complexity index is 29.8. The van der Waals surface area contributed by atoms with Crippen molar-refractivity contribution in [2.75, 3.05) is 0 Å². The van der Waals surface area contributed by atoms with Gasteiger partial charge in [0, 0.05) is 21.7 Å². The monoisotopic (exact) mass is 124 g/mol. The van der Waals surface area contributed by atoms with Crippen molar-refractivity contribution in [3.63, 3.8) is 0 Å². The van der Waals surface area contributed by atoms with Crippen molar-refractivity contribution in [2.45, 2.75) is 0 Å². The first-order valence-corrected chi connectivity index (χ1v) is 0.805. The molecule has 6 heavy (non-hydrogen) atoms. The summed E-state index contributed by atoms with van der Waals surface area (Å²) in [5.41, 5.74) is 0. The summed E-state index contributed by atoms with van der Waals surface area (Å²) in [5.74, 6) is 0. The number of carbonyl (C=O) groups excluding carboxylic acids is 2. The molecule has 0 heterocycles. The molecule has 3 nitrogen and oxygen atoms in total. The molecule has 0 rings (SSSR count). The molecule has 0 bridgehead atoms. The van der Waals surface area contributed by atoms with E-state index in [1.807, 2.05) is 0 Å². The van der Waals surface area contributed by atoms with Gasteiger partial charge in [0.1, 0.15) is 0 Å². The van der Waals surface area contributed by atoms with Gasteiger partial charge in [-0.15, -0.1) is 0 Å². The summed E-state index contributed by atoms with van der Waals surface area (Å²) < 4.78 is 0. The van der Waals surface area contributed by atoms with Gasteiger partial charge >= 0.3 is 0 Å². The fraction of sp³-hybridized carbons (Fsp3) is 0. The van der Waals surface area contributed by atoms with Crippen molar-refractivity contribution in [3.8, 4) is 0 Å². The van der Waals surface area contributed by atoms with E-state index in [1.165, 1.54) is 0 Å². The van der Waals surface area contributed by atoms with Gasteiger partial charge in [0.2, 0.25) is 0 Å². The van der Waals surface area contributed by atoms with E-state index < -0.39 is 0 Å². The van der Waals surface area contributed by atoms with Crippen molar-refractivity contribution in [3.05, 3.63) is 0 Å². The maximum atomic E-state index is 8.81. The molecule has 0 saturated carbocycles. The van der Waals surface area contributed by atoms with Gasteiger partial charge in [-0.05, 0) is 0 Å². The molecule has 0 atom stereocenters. The first-order chi connectivity index (χ1) is 1.91. The number of carbonyl (C=O) groups is 2. The summed E-state index contributed by atoms with van der Waals surface area (Å²) >= 11 is 0. The molecule has 0 aromatic carbocycles. The van der Waals surface area contributed by atoms with E-state index in [4.69, 9.17) is 9.59 Å². The Morgan fingerprint density at radius 2 is 1.17 bits per heavy atom. The minimum absolute atomic E-state index is 0. The van der Waals surface area contributed by atoms with Crippen LogP contribution in [0.1, 0.15) is 0 Å². The number of hydrogen-bond donors (Lipinski definition) is 0. The second-order valence-corrected chi connectivity index (χ2v) is 0.272. The number of rotatable bonds is 1. The van der Waals surface area contributed by atoms with Crippen LogP contribution in [0.4, 0.5) is 0 Å². The summed E-state index contributed by atoms with van der Waals surface area (Å²) in [6.45, 7) is 0. The Kier molecular flexibility index (Phi) is 55.2. The third kappa shape index (κ3) is 35.5. The topological polar surface area (TPSA) is 65.6 Å². The summed E-state index contributed by atoms with van der Waals surface area (Å²) in [4.78, 5) is 17.6. The predicted octanol–water partition coefficient (Wildman–Crippen LogP) is -1.44. The van der Waals surface area contributed by atoms with Gasteiger partial charge in [-0.3, -0.25) is 9.59 Å². The van der Waals surface area contributed by atoms with Crippen LogP contribution in [0.25, 0.3) is 0 Å². The van der Waals surface area contributed by atoms with Gasteiger partial charge in [-0.25, -0.2) is 0 Å². The maximum absolute atomic E-state index is 8.81. The fourth-order valence-corrected chi connectivity index (χ4v) is 0. The standard InChI is InChI=1S/C2H2O2.H2O.Ti/c3-1-2-4;;/h1-2H;1H2;. The third-order valence-electron chi connectivity index (χ3n) is 0.0556. The summed E-state index contributed by atoms with van der Waals surface area (Å²) in [6.07, 6.45) is 0.389. The van der Waals surface area contributed by atoms with Crippen LogP contribution in [-0.4, -0.2) is 18.0 Å². The van der Waals surface area contributed by atoms with Gasteiger partial charge in [0.05, 0.1) is 0 Å². The molecule has 0 spiro atoms. The Balaban J connectivity index is -0.0000000450. The van der Waals surface area contributed by atoms with Crippen LogP contribution in [0.3, 0.4) is 0 Å². The molecule has 34 valence electrons. The van der Waals surface area contributed by atoms with Gasteiger partial charge in [-0.1, -0.05) is 0 Å². The second kappa shape index (κ2) is 19.9. The van der Waals surface area contributed by atoms with Gasteiger partial charge in [0.25, 0.3) is 0 Å². The summed E-state index contributed by atoms with van der Waals surface area (Å²) in [5, 5.41) is 0. The SMILES string of the molecule is O.O=CC=O.[Ti]. The van der Waals surface area contributed by atoms with Crippen LogP contribution in [0, 0.1) is 0 Å². The fourth-order valence-electron chi connectivity index (χ4n) is 0. The van der Waals surface area contributed by atoms with E-state index in [9.17, 15) is 0 Å². The normalized spacial score (nSPS) is 3.33. The summed E-state index contributed by atoms with van der Waals surface area (Å²) in [7, 11) is 0. The predicted molar refractivity (Wildman–Crippen MR) is 15.7 cm³/mol. The van der Waals surface area contributed by atoms with Crippen molar-refractivity contribution >= 4 is 12.6 Å². The quantitative estimate of drug-likeness (QED) is 0.244. The first kappa shape index (κ1) is 16.6. The Labute approximate surface area is 49.9 Å². The van der Waals surface area contributed by atoms with E-state index in [0.717, 1.165) is 0 Å². The minimum Gasteiger partial charge on any atom is -0.412 e. The Morgan fingerprint density at radius 3 is 1.17 bits per heavy atom. The molecular formula is C2H4O3Ti. The van der Waals surface area contributed by atoms with Crippen LogP contribution >= 0.6 is 0 Å². The molecule has 0 saturated heterocycles. The van der Waals surface area contributed by atoms with Crippen molar-refractivity contribution in [1.29, 1.82) is 0 Å². The third-order valence-corrected chi connectivity index (χ3v) is 0.0556. The van der Waals surface area contributed by atoms with E-state index in [0.29, 0.717) is 0 Å². The largest absolute Gasteiger partial charge is 0.412 e. The van der Waals surface area contributed by atoms with Gasteiger partial charge in [0.15, 0.2) is 12.6 Å². The van der Waals surface area contributed by atoms with Crippen LogP contribution in [-0.2, 0) is 31.3 Å². The first-order valence-electron chi connectivity index (χ1n) is 0.805. The number of hydrogen-bond acceptors (Lipinski definition) is 2. The molecule has 0 aromatic rings. The zero-order chi connectivity index (χ0) is 3.41. The molecular weight excluding hydrogens is 120 g/mol. The molecule has 2 N–H and O–H groups in total. The van der Waals surface area contributed by atoms with E-state index in [2.05, 4.69) is 0 Å². The van der Waals surface area contributed by atoms with Gasteiger partial charge in [-0.2, -0.15) is 0 Å². The molecule has 0 aliphatic rings. The molecule has 0 aliphatic carbocycles. The molecule has 0 unspecified atom stereocenters. The molecule has 0 fully saturated rings. The second-order valence-electron chi connectivity index (χ2n) is 0.272. The average Bonchev–Trinajstić information content (AvgIpc) is 1.37. The van der Waals surface area contributed by atoms with Crippen LogP contribution < -0.4 is 0 Å². The molecule has 0 aromatic heterocycles. The van der Waals surface area contributed by atoms with Crippen LogP contribution in [0.5, 0.6) is 0 Å². The van der Waals surface area contributed by atoms with Crippen LogP contribution in [0.15, 0.2) is 0 Å². The minimum atomic E-state index is 0. The zero-order valence-electron chi connectivity index (χ0n) is 2.97. The van der Waals surface area contributed by atoms with E-state index in [-0.39, 0.29) is 39.8 Å². The molecule has 0 amide bonds. The van der Waals surface area contributed by atoms with Crippen molar-refractivity contribution < 1.29 is 36.8 Å². The maximum Gasteiger partial charge on any atom is 0.182 e. The molecule has 0 radical (unpaired) electrons. The summed E-state index contributed by atoms with van der Waals surface area (Å²) in [6, 6.07) is 0. The Hall–Kier alpha value is 0.0143. The van der Waals surface area contributed by atoms with Crippen LogP contribution in [0.2, 0.25) is 0 Å². The molecule has 4 heteroatoms. The number of aldehydes is 2. The van der Waals surface area contributed by atoms with E-state index in [1.54, 1.807) is 0 Å². The smallest absolute Gasteiger partial charge is 0.182 e. The van der Waals surface area contributed by atoms with Crippen molar-refractivity contribution in [1.82, 2.24) is 0 Å². The zero-order valence-corrected chi connectivity index (χ0v) is 4.53.